The summed E-state index contributed by atoms with van der Waals surface area (Å²) < 4.78 is 21.1. The van der Waals surface area contributed by atoms with Crippen molar-refractivity contribution >= 4 is 17.9 Å². The third-order valence-corrected chi connectivity index (χ3v) is 4.06. The van der Waals surface area contributed by atoms with Crippen molar-refractivity contribution < 1.29 is 33.3 Å². The van der Waals surface area contributed by atoms with Gasteiger partial charge < -0.3 is 18.9 Å². The second-order valence-electron chi connectivity index (χ2n) is 7.06. The molecule has 0 aliphatic heterocycles. The molecule has 0 heterocycles. The predicted molar refractivity (Wildman–Crippen MR) is 116 cm³/mol. The van der Waals surface area contributed by atoms with Crippen LogP contribution in [-0.2, 0) is 4.79 Å². The van der Waals surface area contributed by atoms with Gasteiger partial charge in [0.2, 0.25) is 0 Å². The van der Waals surface area contributed by atoms with Gasteiger partial charge in [-0.15, -0.1) is 0 Å². The predicted octanol–water partition coefficient (Wildman–Crippen LogP) is 4.84. The Hall–Kier alpha value is -4.13. The van der Waals surface area contributed by atoms with Crippen LogP contribution >= 0.6 is 0 Å². The van der Waals surface area contributed by atoms with Crippen LogP contribution in [0.3, 0.4) is 0 Å². The molecule has 0 spiro atoms. The maximum atomic E-state index is 12.3. The highest BCUT2D eigenvalue weighted by atomic mass is 16.5. The fourth-order valence-corrected chi connectivity index (χ4v) is 2.67. The van der Waals surface area contributed by atoms with E-state index in [1.54, 1.807) is 24.3 Å². The first-order valence-electron chi connectivity index (χ1n) is 9.90. The number of hydrogen-bond acceptors (Lipinski definition) is 7. The van der Waals surface area contributed by atoms with Crippen LogP contribution in [0.2, 0.25) is 0 Å². The van der Waals surface area contributed by atoms with Gasteiger partial charge in [0.15, 0.2) is 0 Å². The minimum atomic E-state index is -0.576. The van der Waals surface area contributed by atoms with E-state index in [1.165, 1.54) is 55.5 Å². The molecule has 0 aliphatic rings. The molecule has 164 valence electrons. The standard InChI is InChI=1S/C25H22O7/c1-16(2)29-20-8-4-18(5-9-20)24(27)31-22-12-14-23(15-13-22)32-25(28)19-6-10-21(11-7-19)30-17(3)26/h4-16H,1-3H3. The minimum absolute atomic E-state index is 0.0422. The van der Waals surface area contributed by atoms with Crippen molar-refractivity contribution in [3.8, 4) is 23.0 Å². The van der Waals surface area contributed by atoms with Crippen LogP contribution in [0.15, 0.2) is 72.8 Å². The van der Waals surface area contributed by atoms with Gasteiger partial charge in [-0.1, -0.05) is 0 Å². The summed E-state index contributed by atoms with van der Waals surface area (Å²) in [5, 5.41) is 0. The number of rotatable bonds is 7. The molecule has 3 aromatic rings. The lowest BCUT2D eigenvalue weighted by Gasteiger charge is -2.10. The van der Waals surface area contributed by atoms with E-state index in [4.69, 9.17) is 18.9 Å². The van der Waals surface area contributed by atoms with Gasteiger partial charge in [-0.3, -0.25) is 4.79 Å². The quantitative estimate of drug-likeness (QED) is 0.388. The molecule has 0 bridgehead atoms. The largest absolute Gasteiger partial charge is 0.491 e. The average molecular weight is 434 g/mol. The lowest BCUT2D eigenvalue weighted by atomic mass is 10.2. The van der Waals surface area contributed by atoms with Crippen molar-refractivity contribution in [1.29, 1.82) is 0 Å². The molecular formula is C25H22O7. The summed E-state index contributed by atoms with van der Waals surface area (Å²) in [6.07, 6.45) is 0.0422. The van der Waals surface area contributed by atoms with Gasteiger partial charge in [0, 0.05) is 6.92 Å². The second-order valence-corrected chi connectivity index (χ2v) is 7.06. The Kier molecular flexibility index (Phi) is 7.23. The van der Waals surface area contributed by atoms with Gasteiger partial charge in [0.05, 0.1) is 17.2 Å². The molecule has 7 heteroatoms. The van der Waals surface area contributed by atoms with Gasteiger partial charge in [-0.05, 0) is 86.6 Å². The van der Waals surface area contributed by atoms with Gasteiger partial charge in [0.1, 0.15) is 23.0 Å². The summed E-state index contributed by atoms with van der Waals surface area (Å²) in [5.41, 5.74) is 0.676. The number of carbonyl (C=O) groups excluding carboxylic acids is 3. The Bertz CT molecular complexity index is 1080. The van der Waals surface area contributed by atoms with E-state index in [0.717, 1.165) is 0 Å². The van der Waals surface area contributed by atoms with Gasteiger partial charge in [-0.2, -0.15) is 0 Å². The molecule has 7 nitrogen and oxygen atoms in total. The number of hydrogen-bond donors (Lipinski definition) is 0. The van der Waals surface area contributed by atoms with E-state index in [-0.39, 0.29) is 11.9 Å². The SMILES string of the molecule is CC(=O)Oc1ccc(C(=O)Oc2ccc(OC(=O)c3ccc(OC(C)C)cc3)cc2)cc1. The molecule has 0 atom stereocenters. The normalized spacial score (nSPS) is 10.4. The summed E-state index contributed by atoms with van der Waals surface area (Å²) in [6.45, 7) is 5.14. The van der Waals surface area contributed by atoms with E-state index in [1.807, 2.05) is 13.8 Å². The van der Waals surface area contributed by atoms with Crippen molar-refractivity contribution in [3.63, 3.8) is 0 Å². The highest BCUT2D eigenvalue weighted by Crippen LogP contribution is 2.21. The topological polar surface area (TPSA) is 88.1 Å². The fourth-order valence-electron chi connectivity index (χ4n) is 2.67. The van der Waals surface area contributed by atoms with Crippen LogP contribution in [0, 0.1) is 0 Å². The van der Waals surface area contributed by atoms with Crippen LogP contribution in [0.1, 0.15) is 41.5 Å². The Labute approximate surface area is 185 Å². The monoisotopic (exact) mass is 434 g/mol. The Morgan fingerprint density at radius 2 is 0.906 bits per heavy atom. The van der Waals surface area contributed by atoms with E-state index >= 15 is 0 Å². The molecule has 0 N–H and O–H groups in total. The summed E-state index contributed by atoms with van der Waals surface area (Å²) in [4.78, 5) is 35.5. The first-order valence-corrected chi connectivity index (χ1v) is 9.90. The molecule has 32 heavy (non-hydrogen) atoms. The zero-order valence-corrected chi connectivity index (χ0v) is 17.9. The zero-order valence-electron chi connectivity index (χ0n) is 17.9. The molecule has 0 amide bonds. The van der Waals surface area contributed by atoms with E-state index in [2.05, 4.69) is 0 Å². The van der Waals surface area contributed by atoms with Crippen molar-refractivity contribution in [1.82, 2.24) is 0 Å². The van der Waals surface area contributed by atoms with Crippen LogP contribution in [0.4, 0.5) is 0 Å². The molecule has 0 saturated heterocycles. The minimum Gasteiger partial charge on any atom is -0.491 e. The average Bonchev–Trinajstić information content (AvgIpc) is 2.75. The summed E-state index contributed by atoms with van der Waals surface area (Å²) >= 11 is 0. The number of ether oxygens (including phenoxy) is 4. The van der Waals surface area contributed by atoms with Crippen molar-refractivity contribution in [2.24, 2.45) is 0 Å². The Morgan fingerprint density at radius 1 is 0.562 bits per heavy atom. The zero-order chi connectivity index (χ0) is 23.1. The fraction of sp³-hybridized carbons (Fsp3) is 0.160. The number of esters is 3. The highest BCUT2D eigenvalue weighted by molar-refractivity contribution is 5.92. The maximum absolute atomic E-state index is 12.3. The van der Waals surface area contributed by atoms with Crippen LogP contribution in [0.25, 0.3) is 0 Å². The van der Waals surface area contributed by atoms with Gasteiger partial charge >= 0.3 is 17.9 Å². The molecule has 0 saturated carbocycles. The van der Waals surface area contributed by atoms with E-state index in [9.17, 15) is 14.4 Å². The van der Waals surface area contributed by atoms with Crippen LogP contribution in [0.5, 0.6) is 23.0 Å². The van der Waals surface area contributed by atoms with E-state index in [0.29, 0.717) is 28.4 Å². The first-order chi connectivity index (χ1) is 15.3. The summed E-state index contributed by atoms with van der Waals surface area (Å²) in [7, 11) is 0. The third kappa shape index (κ3) is 6.43. The van der Waals surface area contributed by atoms with Crippen molar-refractivity contribution in [3.05, 3.63) is 83.9 Å². The van der Waals surface area contributed by atoms with Crippen LogP contribution in [-0.4, -0.2) is 24.0 Å². The molecule has 0 aliphatic carbocycles. The first kappa shape index (κ1) is 22.6. The molecule has 0 fully saturated rings. The summed E-state index contributed by atoms with van der Waals surface area (Å²) in [6, 6.07) is 18.8. The smallest absolute Gasteiger partial charge is 0.343 e. The van der Waals surface area contributed by atoms with Crippen molar-refractivity contribution in [2.45, 2.75) is 26.9 Å². The molecule has 3 rings (SSSR count). The Morgan fingerprint density at radius 3 is 1.28 bits per heavy atom. The molecule has 0 radical (unpaired) electrons. The molecule has 0 unspecified atom stereocenters. The maximum Gasteiger partial charge on any atom is 0.343 e. The van der Waals surface area contributed by atoms with Crippen LogP contribution < -0.4 is 18.9 Å². The second kappa shape index (κ2) is 10.3. The van der Waals surface area contributed by atoms with Crippen molar-refractivity contribution in [2.75, 3.05) is 0 Å². The Balaban J connectivity index is 1.57. The van der Waals surface area contributed by atoms with Gasteiger partial charge in [0.25, 0.3) is 0 Å². The molecular weight excluding hydrogens is 412 g/mol. The van der Waals surface area contributed by atoms with E-state index < -0.39 is 17.9 Å². The number of carbonyl (C=O) groups is 3. The molecule has 0 aromatic heterocycles. The lowest BCUT2D eigenvalue weighted by molar-refractivity contribution is -0.131. The molecule has 3 aromatic carbocycles. The third-order valence-electron chi connectivity index (χ3n) is 4.06. The number of benzene rings is 3. The van der Waals surface area contributed by atoms with Gasteiger partial charge in [-0.25, -0.2) is 9.59 Å². The summed E-state index contributed by atoms with van der Waals surface area (Å²) in [5.74, 6) is 0.0629. The highest BCUT2D eigenvalue weighted by Gasteiger charge is 2.12. The lowest BCUT2D eigenvalue weighted by Crippen LogP contribution is -2.10.